The molecule has 0 aliphatic carbocycles. The van der Waals surface area contributed by atoms with E-state index in [1.54, 1.807) is 18.5 Å². The van der Waals surface area contributed by atoms with Crippen LogP contribution in [0.2, 0.25) is 0 Å². The van der Waals surface area contributed by atoms with Crippen LogP contribution in [0.3, 0.4) is 0 Å². The van der Waals surface area contributed by atoms with Crippen LogP contribution in [0.25, 0.3) is 22.3 Å². The maximum Gasteiger partial charge on any atom is 0.186 e. The van der Waals surface area contributed by atoms with Gasteiger partial charge in [-0.3, -0.25) is 0 Å². The van der Waals surface area contributed by atoms with Gasteiger partial charge in [-0.1, -0.05) is 5.92 Å². The Labute approximate surface area is 184 Å². The molecule has 1 atom stereocenters. The summed E-state index contributed by atoms with van der Waals surface area (Å²) in [6.07, 6.45) is 16.3. The quantitative estimate of drug-likeness (QED) is 0.270. The lowest BCUT2D eigenvalue weighted by atomic mass is 9.96. The summed E-state index contributed by atoms with van der Waals surface area (Å²) in [5.41, 5.74) is 2.82. The Balaban J connectivity index is 1.64. The van der Waals surface area contributed by atoms with Gasteiger partial charge in [-0.2, -0.15) is 5.10 Å². The molecule has 4 rings (SSSR count). The Kier molecular flexibility index (Phi) is 5.92. The largest absolute Gasteiger partial charge is 0.458 e. The summed E-state index contributed by atoms with van der Waals surface area (Å²) in [6.45, 7) is 6.12. The molecule has 7 heteroatoms. The molecule has 0 amide bonds. The van der Waals surface area contributed by atoms with Gasteiger partial charge in [-0.15, -0.1) is 6.42 Å². The molecule has 3 heterocycles. The van der Waals surface area contributed by atoms with Crippen LogP contribution < -0.4 is 4.74 Å². The van der Waals surface area contributed by atoms with Crippen LogP contribution in [0.15, 0.2) is 60.8 Å². The standard InChI is InChI=1S/C24H26BN5O/c1-4-6-8-19(5-2)31-20-11-9-18(10-12-20)22-21-15-26-17-27-23(21)29(28-22)16-24(3)13-7-14-30(24)25/h1,5-6,8-12,15,17H,7,13-14,16,25H2,2-3H3/b8-6-,19-5+. The van der Waals surface area contributed by atoms with Crippen LogP contribution in [0, 0.1) is 12.3 Å². The third kappa shape index (κ3) is 4.26. The number of benzene rings is 1. The molecule has 0 saturated carbocycles. The van der Waals surface area contributed by atoms with Crippen LogP contribution in [0.4, 0.5) is 0 Å². The molecule has 2 aromatic heterocycles. The fourth-order valence-electron chi connectivity index (χ4n) is 4.06. The smallest absolute Gasteiger partial charge is 0.186 e. The maximum atomic E-state index is 5.89. The number of allylic oxidation sites excluding steroid dienone is 3. The maximum absolute atomic E-state index is 5.89. The summed E-state index contributed by atoms with van der Waals surface area (Å²) in [5.74, 6) is 3.90. The summed E-state index contributed by atoms with van der Waals surface area (Å²) < 4.78 is 7.91. The van der Waals surface area contributed by atoms with Crippen molar-refractivity contribution in [1.82, 2.24) is 24.6 Å². The van der Waals surface area contributed by atoms with Gasteiger partial charge in [-0.05, 0) is 75.7 Å². The summed E-state index contributed by atoms with van der Waals surface area (Å²) in [5, 5.41) is 5.90. The van der Waals surface area contributed by atoms with E-state index in [1.807, 2.05) is 48.1 Å². The Morgan fingerprint density at radius 3 is 2.84 bits per heavy atom. The Morgan fingerprint density at radius 1 is 1.35 bits per heavy atom. The van der Waals surface area contributed by atoms with Crippen molar-refractivity contribution in [3.05, 3.63) is 60.8 Å². The summed E-state index contributed by atoms with van der Waals surface area (Å²) in [6, 6.07) is 7.89. The molecular formula is C24H26BN5O. The molecule has 0 spiro atoms. The fourth-order valence-corrected chi connectivity index (χ4v) is 4.06. The molecule has 3 aromatic rings. The summed E-state index contributed by atoms with van der Waals surface area (Å²) in [4.78, 5) is 11.2. The van der Waals surface area contributed by atoms with Gasteiger partial charge in [0, 0.05) is 17.3 Å². The van der Waals surface area contributed by atoms with E-state index in [9.17, 15) is 0 Å². The third-order valence-corrected chi connectivity index (χ3v) is 6.02. The van der Waals surface area contributed by atoms with Gasteiger partial charge in [0.2, 0.25) is 0 Å². The van der Waals surface area contributed by atoms with Crippen LogP contribution in [-0.4, -0.2) is 44.6 Å². The molecule has 1 saturated heterocycles. The number of rotatable bonds is 6. The van der Waals surface area contributed by atoms with Crippen molar-refractivity contribution in [2.45, 2.75) is 38.8 Å². The van der Waals surface area contributed by atoms with Crippen molar-refractivity contribution in [2.24, 2.45) is 0 Å². The highest BCUT2D eigenvalue weighted by atomic mass is 16.5. The molecule has 1 aromatic carbocycles. The number of terminal acetylenes is 1. The second kappa shape index (κ2) is 8.79. The van der Waals surface area contributed by atoms with E-state index in [4.69, 9.17) is 16.3 Å². The lowest BCUT2D eigenvalue weighted by Gasteiger charge is -2.32. The zero-order chi connectivity index (χ0) is 21.8. The van der Waals surface area contributed by atoms with Crippen molar-refractivity contribution in [3.63, 3.8) is 0 Å². The zero-order valence-electron chi connectivity index (χ0n) is 18.2. The van der Waals surface area contributed by atoms with Crippen LogP contribution in [-0.2, 0) is 6.54 Å². The van der Waals surface area contributed by atoms with E-state index in [0.717, 1.165) is 47.6 Å². The van der Waals surface area contributed by atoms with Crippen molar-refractivity contribution in [2.75, 3.05) is 6.54 Å². The van der Waals surface area contributed by atoms with E-state index in [-0.39, 0.29) is 5.54 Å². The van der Waals surface area contributed by atoms with Crippen molar-refractivity contribution in [1.29, 1.82) is 0 Å². The molecular weight excluding hydrogens is 385 g/mol. The molecule has 0 N–H and O–H groups in total. The Bertz CT molecular complexity index is 1170. The topological polar surface area (TPSA) is 56.1 Å². The first-order valence-electron chi connectivity index (χ1n) is 10.5. The lowest BCUT2D eigenvalue weighted by Crippen LogP contribution is -2.43. The van der Waals surface area contributed by atoms with Crippen molar-refractivity contribution in [3.8, 4) is 29.4 Å². The number of hydrogen-bond acceptors (Lipinski definition) is 5. The first-order chi connectivity index (χ1) is 15.0. The summed E-state index contributed by atoms with van der Waals surface area (Å²) in [7, 11) is 2.19. The van der Waals surface area contributed by atoms with Gasteiger partial charge in [0.25, 0.3) is 0 Å². The molecule has 1 aliphatic heterocycles. The number of aromatic nitrogens is 4. The monoisotopic (exact) mass is 411 g/mol. The molecule has 31 heavy (non-hydrogen) atoms. The highest BCUT2D eigenvalue weighted by molar-refractivity contribution is 6.05. The number of fused-ring (bicyclic) bond motifs is 1. The number of hydrogen-bond donors (Lipinski definition) is 0. The van der Waals surface area contributed by atoms with Gasteiger partial charge in [0.1, 0.15) is 23.5 Å². The highest BCUT2D eigenvalue weighted by Gasteiger charge is 2.34. The van der Waals surface area contributed by atoms with Crippen LogP contribution in [0.1, 0.15) is 26.7 Å². The van der Waals surface area contributed by atoms with E-state index in [0.29, 0.717) is 5.76 Å². The van der Waals surface area contributed by atoms with Crippen LogP contribution in [0.5, 0.6) is 5.75 Å². The second-order valence-corrected chi connectivity index (χ2v) is 8.11. The minimum atomic E-state index is 0.0770. The van der Waals surface area contributed by atoms with E-state index in [2.05, 4.69) is 35.6 Å². The highest BCUT2D eigenvalue weighted by Crippen LogP contribution is 2.32. The van der Waals surface area contributed by atoms with Gasteiger partial charge in [-0.25, -0.2) is 14.6 Å². The molecule has 6 nitrogen and oxygen atoms in total. The fraction of sp³-hybridized carbons (Fsp3) is 0.292. The zero-order valence-corrected chi connectivity index (χ0v) is 18.2. The summed E-state index contributed by atoms with van der Waals surface area (Å²) >= 11 is 0. The van der Waals surface area contributed by atoms with Gasteiger partial charge >= 0.3 is 0 Å². The minimum Gasteiger partial charge on any atom is -0.458 e. The van der Waals surface area contributed by atoms with Gasteiger partial charge in [0.05, 0.1) is 11.9 Å². The predicted octanol–water partition coefficient (Wildman–Crippen LogP) is 3.37. The SMILES string of the molecule is BN1CCCC1(C)Cn1nc(-c2ccc(OC(/C=C\C#C)=C/C)cc2)c2cncnc21. The van der Waals surface area contributed by atoms with Gasteiger partial charge in [0.15, 0.2) is 13.6 Å². The first-order valence-corrected chi connectivity index (χ1v) is 10.5. The normalized spacial score (nSPS) is 19.8. The Hall–Kier alpha value is -3.37. The van der Waals surface area contributed by atoms with E-state index >= 15 is 0 Å². The van der Waals surface area contributed by atoms with E-state index < -0.39 is 0 Å². The molecule has 156 valence electrons. The third-order valence-electron chi connectivity index (χ3n) is 6.02. The Morgan fingerprint density at radius 2 is 2.16 bits per heavy atom. The minimum absolute atomic E-state index is 0.0770. The van der Waals surface area contributed by atoms with Crippen molar-refractivity contribution >= 4 is 19.0 Å². The first kappa shape index (κ1) is 20.9. The average molecular weight is 411 g/mol. The number of nitrogens with zero attached hydrogens (tertiary/aromatic N) is 5. The molecule has 1 aliphatic rings. The molecule has 0 bridgehead atoms. The lowest BCUT2D eigenvalue weighted by molar-refractivity contribution is 0.233. The van der Waals surface area contributed by atoms with E-state index in [1.165, 1.54) is 6.42 Å². The average Bonchev–Trinajstić information content (AvgIpc) is 3.31. The molecule has 1 unspecified atom stereocenters. The molecule has 0 radical (unpaired) electrons. The van der Waals surface area contributed by atoms with Gasteiger partial charge < -0.3 is 9.55 Å². The van der Waals surface area contributed by atoms with Crippen LogP contribution >= 0.6 is 0 Å². The number of ether oxygens (including phenoxy) is 1. The predicted molar refractivity (Wildman–Crippen MR) is 126 cm³/mol. The molecule has 1 fully saturated rings. The second-order valence-electron chi connectivity index (χ2n) is 8.11. The van der Waals surface area contributed by atoms with Crippen molar-refractivity contribution < 1.29 is 4.74 Å².